The number of amides is 1. The lowest BCUT2D eigenvalue weighted by Crippen LogP contribution is -2.34. The summed E-state index contributed by atoms with van der Waals surface area (Å²) in [6.07, 6.45) is 4.54. The van der Waals surface area contributed by atoms with E-state index in [9.17, 15) is 9.18 Å². The van der Waals surface area contributed by atoms with Crippen LogP contribution in [-0.4, -0.2) is 49.9 Å². The zero-order chi connectivity index (χ0) is 23.2. The van der Waals surface area contributed by atoms with Gasteiger partial charge in [0.25, 0.3) is 0 Å². The zero-order valence-corrected chi connectivity index (χ0v) is 19.3. The van der Waals surface area contributed by atoms with Crippen LogP contribution < -0.4 is 4.90 Å². The fraction of sp³-hybridized carbons (Fsp3) is 0.417. The third kappa shape index (κ3) is 4.09. The smallest absolute Gasteiger partial charge is 0.410 e. The second kappa shape index (κ2) is 8.54. The molecule has 1 saturated heterocycles. The summed E-state index contributed by atoms with van der Waals surface area (Å²) < 4.78 is 20.9. The second-order valence-corrected chi connectivity index (χ2v) is 9.55. The summed E-state index contributed by atoms with van der Waals surface area (Å²) in [5.41, 5.74) is 1.89. The Bertz CT molecular complexity index is 1220. The molecule has 6 rings (SSSR count). The predicted molar refractivity (Wildman–Crippen MR) is 124 cm³/mol. The van der Waals surface area contributed by atoms with Gasteiger partial charge >= 0.3 is 6.09 Å². The molecule has 4 heterocycles. The fourth-order valence-corrected chi connectivity index (χ4v) is 4.94. The maximum Gasteiger partial charge on any atom is 0.410 e. The monoisotopic (exact) mass is 482 g/mol. The van der Waals surface area contributed by atoms with E-state index in [1.54, 1.807) is 11.0 Å². The maximum atomic E-state index is 13.2. The molecule has 0 unspecified atom stereocenters. The first-order valence-corrected chi connectivity index (χ1v) is 12.0. The van der Waals surface area contributed by atoms with Crippen molar-refractivity contribution in [2.24, 2.45) is 0 Å². The van der Waals surface area contributed by atoms with Crippen LogP contribution in [0.4, 0.5) is 15.0 Å². The number of halogens is 2. The molecule has 2 fully saturated rings. The summed E-state index contributed by atoms with van der Waals surface area (Å²) in [5, 5.41) is 9.69. The summed E-state index contributed by atoms with van der Waals surface area (Å²) in [5.74, 6) is 2.25. The molecule has 34 heavy (non-hydrogen) atoms. The lowest BCUT2D eigenvalue weighted by molar-refractivity contribution is 0.0904. The van der Waals surface area contributed by atoms with Crippen LogP contribution in [0.15, 0.2) is 36.5 Å². The Kier molecular flexibility index (Phi) is 5.36. The van der Waals surface area contributed by atoms with Gasteiger partial charge in [0.2, 0.25) is 0 Å². The number of nitrogens with zero attached hydrogens (tertiary/aromatic N) is 6. The molecule has 10 heteroatoms. The van der Waals surface area contributed by atoms with Crippen LogP contribution in [0, 0.1) is 5.82 Å². The molecule has 1 amide bonds. The van der Waals surface area contributed by atoms with Crippen molar-refractivity contribution in [3.63, 3.8) is 0 Å². The van der Waals surface area contributed by atoms with Gasteiger partial charge in [0, 0.05) is 24.0 Å². The highest BCUT2D eigenvalue weighted by Crippen LogP contribution is 2.35. The van der Waals surface area contributed by atoms with Gasteiger partial charge in [0.15, 0.2) is 5.82 Å². The Labute approximate surface area is 201 Å². The number of carbonyl (C=O) groups is 1. The highest BCUT2D eigenvalue weighted by Gasteiger charge is 2.34. The largest absolute Gasteiger partial charge is 0.446 e. The van der Waals surface area contributed by atoms with E-state index in [1.165, 1.54) is 12.3 Å². The Morgan fingerprint density at radius 1 is 1.06 bits per heavy atom. The zero-order valence-electron chi connectivity index (χ0n) is 18.5. The Morgan fingerprint density at radius 2 is 1.88 bits per heavy atom. The third-order valence-corrected chi connectivity index (χ3v) is 6.91. The van der Waals surface area contributed by atoms with Crippen LogP contribution in [0.3, 0.4) is 0 Å². The van der Waals surface area contributed by atoms with Gasteiger partial charge in [-0.15, -0.1) is 10.2 Å². The van der Waals surface area contributed by atoms with Crippen molar-refractivity contribution >= 4 is 23.5 Å². The first-order chi connectivity index (χ1) is 16.5. The van der Waals surface area contributed by atoms with Crippen molar-refractivity contribution in [3.8, 4) is 5.69 Å². The minimum Gasteiger partial charge on any atom is -0.446 e. The van der Waals surface area contributed by atoms with Gasteiger partial charge in [-0.2, -0.15) is 0 Å². The van der Waals surface area contributed by atoms with Gasteiger partial charge in [-0.1, -0.05) is 11.6 Å². The van der Waals surface area contributed by atoms with Crippen LogP contribution in [0.5, 0.6) is 0 Å². The van der Waals surface area contributed by atoms with Crippen molar-refractivity contribution in [3.05, 3.63) is 64.6 Å². The van der Waals surface area contributed by atoms with Crippen molar-refractivity contribution in [1.82, 2.24) is 24.6 Å². The number of ether oxygens (including phenoxy) is 1. The molecular formula is C24H24ClFN6O2. The normalized spacial score (nSPS) is 18.3. The van der Waals surface area contributed by atoms with Gasteiger partial charge in [0.1, 0.15) is 23.6 Å². The Balaban J connectivity index is 1.28. The molecule has 3 aliphatic rings. The molecule has 1 aliphatic carbocycles. The van der Waals surface area contributed by atoms with E-state index in [0.717, 1.165) is 61.7 Å². The van der Waals surface area contributed by atoms with Crippen molar-refractivity contribution in [2.45, 2.75) is 50.8 Å². The van der Waals surface area contributed by atoms with E-state index >= 15 is 0 Å². The van der Waals surface area contributed by atoms with Gasteiger partial charge in [0.05, 0.1) is 25.0 Å². The first kappa shape index (κ1) is 21.3. The summed E-state index contributed by atoms with van der Waals surface area (Å²) >= 11 is 6.31. The number of rotatable bonds is 3. The van der Waals surface area contributed by atoms with Crippen LogP contribution in [0.2, 0.25) is 5.02 Å². The van der Waals surface area contributed by atoms with Crippen LogP contribution in [-0.2, 0) is 17.8 Å². The van der Waals surface area contributed by atoms with Crippen LogP contribution >= 0.6 is 11.6 Å². The molecule has 0 spiro atoms. The topological polar surface area (TPSA) is 76.4 Å². The third-order valence-electron chi connectivity index (χ3n) is 6.68. The van der Waals surface area contributed by atoms with E-state index < -0.39 is 0 Å². The number of pyridine rings is 1. The van der Waals surface area contributed by atoms with E-state index in [2.05, 4.69) is 24.6 Å². The quantitative estimate of drug-likeness (QED) is 0.549. The highest BCUT2D eigenvalue weighted by molar-refractivity contribution is 6.30. The molecule has 2 aromatic heterocycles. The van der Waals surface area contributed by atoms with Gasteiger partial charge in [-0.25, -0.2) is 14.2 Å². The fourth-order valence-electron chi connectivity index (χ4n) is 4.74. The van der Waals surface area contributed by atoms with Crippen molar-refractivity contribution < 1.29 is 13.9 Å². The standard InChI is InChI=1S/C24H24ClFN6O2/c25-17-1-5-20-16(11-17)13-31(24(33)34-19-3-4-19)14-22-28-29-23(32(20)22)15-7-9-30(10-8-15)21-6-2-18(26)12-27-21/h1-2,5-6,11-12,15,19H,3-4,7-10,13-14H2. The minimum absolute atomic E-state index is 0.0313. The SMILES string of the molecule is O=C(OC1CC1)N1Cc2cc(Cl)ccc2-n2c(nnc2C2CCN(c3ccc(F)cn3)CC2)C1. The summed E-state index contributed by atoms with van der Waals surface area (Å²) in [6, 6.07) is 8.88. The Morgan fingerprint density at radius 3 is 2.62 bits per heavy atom. The lowest BCUT2D eigenvalue weighted by Gasteiger charge is -2.32. The summed E-state index contributed by atoms with van der Waals surface area (Å²) in [4.78, 5) is 20.8. The molecule has 8 nitrogen and oxygen atoms in total. The van der Waals surface area contributed by atoms with Gasteiger partial charge in [-0.3, -0.25) is 9.47 Å². The van der Waals surface area contributed by atoms with Crippen molar-refractivity contribution in [1.29, 1.82) is 0 Å². The molecule has 3 aromatic rings. The molecular weight excluding hydrogens is 459 g/mol. The number of hydrogen-bond acceptors (Lipinski definition) is 6. The first-order valence-electron chi connectivity index (χ1n) is 11.6. The lowest BCUT2D eigenvalue weighted by atomic mass is 9.95. The van der Waals surface area contributed by atoms with Crippen molar-refractivity contribution in [2.75, 3.05) is 18.0 Å². The number of piperidine rings is 1. The molecule has 176 valence electrons. The highest BCUT2D eigenvalue weighted by atomic mass is 35.5. The number of benzene rings is 1. The second-order valence-electron chi connectivity index (χ2n) is 9.12. The maximum absolute atomic E-state index is 13.2. The van der Waals surface area contributed by atoms with Gasteiger partial charge in [-0.05, 0) is 61.6 Å². The summed E-state index contributed by atoms with van der Waals surface area (Å²) in [7, 11) is 0. The van der Waals surface area contributed by atoms with E-state index in [4.69, 9.17) is 16.3 Å². The number of anilines is 1. The summed E-state index contributed by atoms with van der Waals surface area (Å²) in [6.45, 7) is 2.31. The number of fused-ring (bicyclic) bond motifs is 3. The molecule has 0 N–H and O–H groups in total. The average molecular weight is 483 g/mol. The molecule has 1 aromatic carbocycles. The average Bonchev–Trinajstić information content (AvgIpc) is 3.59. The number of carbonyl (C=O) groups excluding carboxylic acids is 1. The predicted octanol–water partition coefficient (Wildman–Crippen LogP) is 4.45. The number of hydrogen-bond donors (Lipinski definition) is 0. The molecule has 0 atom stereocenters. The van der Waals surface area contributed by atoms with E-state index in [-0.39, 0.29) is 23.9 Å². The minimum atomic E-state index is -0.335. The molecule has 1 saturated carbocycles. The molecule has 0 bridgehead atoms. The van der Waals surface area contributed by atoms with Crippen LogP contribution in [0.25, 0.3) is 5.69 Å². The molecule has 2 aliphatic heterocycles. The number of aromatic nitrogens is 4. The van der Waals surface area contributed by atoms with Crippen LogP contribution in [0.1, 0.15) is 48.8 Å². The van der Waals surface area contributed by atoms with E-state index in [1.807, 2.05) is 18.2 Å². The van der Waals surface area contributed by atoms with E-state index in [0.29, 0.717) is 23.9 Å². The van der Waals surface area contributed by atoms with Gasteiger partial charge < -0.3 is 9.64 Å². The Hall–Kier alpha value is -3.20. The molecule has 0 radical (unpaired) electrons.